The third-order valence-corrected chi connectivity index (χ3v) is 1.33. The summed E-state index contributed by atoms with van der Waals surface area (Å²) >= 11 is 0. The monoisotopic (exact) mass is 140 g/mol. The van der Waals surface area contributed by atoms with E-state index in [0.717, 1.165) is 0 Å². The van der Waals surface area contributed by atoms with E-state index in [4.69, 9.17) is 10.2 Å². The predicted octanol–water partition coefficient (Wildman–Crippen LogP) is 1.23. The molecule has 1 rings (SSSR count). The zero-order valence-electron chi connectivity index (χ0n) is 5.37. The first-order valence-corrected chi connectivity index (χ1v) is 3.03. The Hall–Kier alpha value is -1.25. The summed E-state index contributed by atoms with van der Waals surface area (Å²) in [5.74, 6) is -0.828. The van der Waals surface area contributed by atoms with Gasteiger partial charge in [-0.25, -0.2) is 4.79 Å². The lowest BCUT2D eigenvalue weighted by Gasteiger charge is -2.04. The van der Waals surface area contributed by atoms with E-state index < -0.39 is 5.97 Å². The molecule has 54 valence electrons. The van der Waals surface area contributed by atoms with Crippen LogP contribution < -0.4 is 0 Å². The second-order valence-electron chi connectivity index (χ2n) is 2.14. The van der Waals surface area contributed by atoms with Gasteiger partial charge in [-0.05, 0) is 12.5 Å². The summed E-state index contributed by atoms with van der Waals surface area (Å²) in [5, 5.41) is 17.3. The molecule has 0 saturated carbocycles. The van der Waals surface area contributed by atoms with Crippen LogP contribution in [0, 0.1) is 0 Å². The maximum absolute atomic E-state index is 10.3. The van der Waals surface area contributed by atoms with Crippen LogP contribution in [0.2, 0.25) is 0 Å². The van der Waals surface area contributed by atoms with Crippen molar-refractivity contribution in [2.45, 2.75) is 12.8 Å². The number of hydrogen-bond donors (Lipinski definition) is 2. The molecule has 1 aliphatic rings. The van der Waals surface area contributed by atoms with E-state index in [9.17, 15) is 4.79 Å². The van der Waals surface area contributed by atoms with Gasteiger partial charge in [-0.1, -0.05) is 6.08 Å². The van der Waals surface area contributed by atoms with Gasteiger partial charge in [0.05, 0.1) is 11.3 Å². The number of carbonyl (C=O) groups is 1. The van der Waals surface area contributed by atoms with Crippen molar-refractivity contribution in [1.29, 1.82) is 0 Å². The van der Waals surface area contributed by atoms with Gasteiger partial charge in [-0.15, -0.1) is 0 Å². The number of carboxylic acid groups (broad SMARTS) is 1. The van der Waals surface area contributed by atoms with Crippen LogP contribution in [0.15, 0.2) is 23.5 Å². The van der Waals surface area contributed by atoms with E-state index in [1.165, 1.54) is 6.08 Å². The fourth-order valence-corrected chi connectivity index (χ4v) is 0.835. The summed E-state index contributed by atoms with van der Waals surface area (Å²) in [7, 11) is 0. The fourth-order valence-electron chi connectivity index (χ4n) is 0.835. The number of allylic oxidation sites excluding steroid dienone is 2. The number of rotatable bonds is 1. The first-order chi connectivity index (χ1) is 4.70. The van der Waals surface area contributed by atoms with Gasteiger partial charge in [0.1, 0.15) is 0 Å². The third kappa shape index (κ3) is 1.37. The average molecular weight is 140 g/mol. The Morgan fingerprint density at radius 1 is 1.60 bits per heavy atom. The summed E-state index contributed by atoms with van der Waals surface area (Å²) in [6.45, 7) is 0. The van der Waals surface area contributed by atoms with Crippen LogP contribution in [0.4, 0.5) is 0 Å². The van der Waals surface area contributed by atoms with Crippen LogP contribution in [-0.4, -0.2) is 16.2 Å². The standard InChI is InChI=1S/C7H8O3/c8-6-3-1-2-5(4-6)7(9)10/h2,4,8H,1,3H2,(H,9,10). The molecule has 3 heteroatoms. The van der Waals surface area contributed by atoms with E-state index >= 15 is 0 Å². The van der Waals surface area contributed by atoms with Gasteiger partial charge in [-0.2, -0.15) is 0 Å². The zero-order chi connectivity index (χ0) is 7.56. The number of aliphatic hydroxyl groups is 1. The summed E-state index contributed by atoms with van der Waals surface area (Å²) < 4.78 is 0. The molecule has 0 amide bonds. The molecule has 0 bridgehead atoms. The molecule has 2 N–H and O–H groups in total. The Morgan fingerprint density at radius 2 is 2.30 bits per heavy atom. The Labute approximate surface area is 58.3 Å². The van der Waals surface area contributed by atoms with Crippen LogP contribution >= 0.6 is 0 Å². The molecule has 1 aliphatic carbocycles. The molecule has 0 radical (unpaired) electrons. The molecule has 0 aliphatic heterocycles. The quantitative estimate of drug-likeness (QED) is 0.576. The van der Waals surface area contributed by atoms with Gasteiger partial charge >= 0.3 is 5.97 Å². The van der Waals surface area contributed by atoms with Gasteiger partial charge in [0.2, 0.25) is 0 Å². The van der Waals surface area contributed by atoms with Crippen LogP contribution in [-0.2, 0) is 4.79 Å². The minimum absolute atomic E-state index is 0.153. The lowest BCUT2D eigenvalue weighted by atomic mass is 10.1. The summed E-state index contributed by atoms with van der Waals surface area (Å²) in [4.78, 5) is 10.3. The minimum atomic E-state index is -0.980. The van der Waals surface area contributed by atoms with Crippen molar-refractivity contribution in [2.75, 3.05) is 0 Å². The highest BCUT2D eigenvalue weighted by atomic mass is 16.4. The van der Waals surface area contributed by atoms with E-state index in [1.807, 2.05) is 0 Å². The van der Waals surface area contributed by atoms with Crippen LogP contribution in [0.1, 0.15) is 12.8 Å². The van der Waals surface area contributed by atoms with E-state index in [1.54, 1.807) is 6.08 Å². The Bertz CT molecular complexity index is 213. The molecule has 0 atom stereocenters. The first-order valence-electron chi connectivity index (χ1n) is 3.03. The largest absolute Gasteiger partial charge is 0.512 e. The maximum atomic E-state index is 10.3. The van der Waals surface area contributed by atoms with Crippen molar-refractivity contribution in [2.24, 2.45) is 0 Å². The highest BCUT2D eigenvalue weighted by molar-refractivity contribution is 5.90. The number of hydrogen-bond acceptors (Lipinski definition) is 2. The first kappa shape index (κ1) is 6.86. The van der Waals surface area contributed by atoms with Crippen molar-refractivity contribution >= 4 is 5.97 Å². The Balaban J connectivity index is 2.79. The summed E-state index contributed by atoms with van der Waals surface area (Å²) in [6.07, 6.45) is 4.05. The van der Waals surface area contributed by atoms with Crippen molar-refractivity contribution in [1.82, 2.24) is 0 Å². The number of aliphatic carboxylic acids is 1. The molecule has 0 heterocycles. The van der Waals surface area contributed by atoms with E-state index in [2.05, 4.69) is 0 Å². The van der Waals surface area contributed by atoms with Gasteiger partial charge in [0.15, 0.2) is 0 Å². The molecule has 10 heavy (non-hydrogen) atoms. The van der Waals surface area contributed by atoms with Gasteiger partial charge in [0, 0.05) is 6.42 Å². The van der Waals surface area contributed by atoms with E-state index in [0.29, 0.717) is 12.8 Å². The maximum Gasteiger partial charge on any atom is 0.335 e. The molecule has 0 saturated heterocycles. The van der Waals surface area contributed by atoms with Crippen molar-refractivity contribution in [3.05, 3.63) is 23.5 Å². The zero-order valence-corrected chi connectivity index (χ0v) is 5.37. The number of aliphatic hydroxyl groups excluding tert-OH is 1. The molecular formula is C7H8O3. The fraction of sp³-hybridized carbons (Fsp3) is 0.286. The molecule has 0 aromatic rings. The molecule has 3 nitrogen and oxygen atoms in total. The van der Waals surface area contributed by atoms with Crippen molar-refractivity contribution < 1.29 is 15.0 Å². The van der Waals surface area contributed by atoms with Crippen LogP contribution in [0.25, 0.3) is 0 Å². The lowest BCUT2D eigenvalue weighted by molar-refractivity contribution is -0.132. The normalized spacial score (nSPS) is 17.6. The molecular weight excluding hydrogens is 132 g/mol. The topological polar surface area (TPSA) is 57.5 Å². The highest BCUT2D eigenvalue weighted by Crippen LogP contribution is 2.14. The highest BCUT2D eigenvalue weighted by Gasteiger charge is 2.08. The second kappa shape index (κ2) is 2.56. The summed E-state index contributed by atoms with van der Waals surface area (Å²) in [6, 6.07) is 0. The summed E-state index contributed by atoms with van der Waals surface area (Å²) in [5.41, 5.74) is 0.184. The predicted molar refractivity (Wildman–Crippen MR) is 35.7 cm³/mol. The SMILES string of the molecule is O=C(O)C1=CCCC(O)=C1. The van der Waals surface area contributed by atoms with E-state index in [-0.39, 0.29) is 11.3 Å². The average Bonchev–Trinajstić information content (AvgIpc) is 1.88. The second-order valence-corrected chi connectivity index (χ2v) is 2.14. The minimum Gasteiger partial charge on any atom is -0.512 e. The Kier molecular flexibility index (Phi) is 1.76. The molecule has 0 fully saturated rings. The molecule has 0 unspecified atom stereocenters. The van der Waals surface area contributed by atoms with Crippen LogP contribution in [0.5, 0.6) is 0 Å². The van der Waals surface area contributed by atoms with Crippen molar-refractivity contribution in [3.8, 4) is 0 Å². The van der Waals surface area contributed by atoms with Gasteiger partial charge in [-0.3, -0.25) is 0 Å². The number of carboxylic acids is 1. The van der Waals surface area contributed by atoms with Gasteiger partial charge in [0.25, 0.3) is 0 Å². The molecule has 0 spiro atoms. The van der Waals surface area contributed by atoms with Gasteiger partial charge < -0.3 is 10.2 Å². The van der Waals surface area contributed by atoms with Crippen LogP contribution in [0.3, 0.4) is 0 Å². The van der Waals surface area contributed by atoms with Crippen molar-refractivity contribution in [3.63, 3.8) is 0 Å². The molecule has 0 aromatic heterocycles. The smallest absolute Gasteiger partial charge is 0.335 e. The lowest BCUT2D eigenvalue weighted by Crippen LogP contribution is -2.02. The third-order valence-electron chi connectivity index (χ3n) is 1.33. The Morgan fingerprint density at radius 3 is 2.70 bits per heavy atom. The molecule has 0 aromatic carbocycles.